The number of carbonyl (C=O) groups is 1. The van der Waals surface area contributed by atoms with E-state index in [4.69, 9.17) is 9.26 Å². The monoisotopic (exact) mass is 370 g/mol. The molecule has 2 heterocycles. The lowest BCUT2D eigenvalue weighted by Crippen LogP contribution is -2.48. The maximum atomic E-state index is 12.8. The second-order valence-corrected chi connectivity index (χ2v) is 7.50. The van der Waals surface area contributed by atoms with Gasteiger partial charge in [0.05, 0.1) is 6.54 Å². The highest BCUT2D eigenvalue weighted by Gasteiger charge is 2.40. The van der Waals surface area contributed by atoms with Crippen LogP contribution < -0.4 is 5.32 Å². The van der Waals surface area contributed by atoms with Gasteiger partial charge in [-0.2, -0.15) is 0 Å². The molecule has 0 spiro atoms. The van der Waals surface area contributed by atoms with E-state index in [2.05, 4.69) is 10.5 Å². The molecule has 6 nitrogen and oxygen atoms in total. The Morgan fingerprint density at radius 1 is 1.19 bits per heavy atom. The molecule has 1 atom stereocenters. The lowest BCUT2D eigenvalue weighted by Gasteiger charge is -2.39. The summed E-state index contributed by atoms with van der Waals surface area (Å²) < 4.78 is 10.8. The number of nitrogens with one attached hydrogen (secondary N) is 1. The molecule has 1 fully saturated rings. The number of nitrogens with zero attached hydrogens (tertiary/aromatic N) is 1. The van der Waals surface area contributed by atoms with E-state index >= 15 is 0 Å². The number of amides is 1. The number of aryl methyl sites for hydroxylation is 1. The molecule has 2 aliphatic rings. The minimum Gasteiger partial charge on any atom is -0.383 e. The Morgan fingerprint density at radius 3 is 2.70 bits per heavy atom. The Labute approximate surface area is 158 Å². The molecular weight excluding hydrogens is 344 g/mol. The lowest BCUT2D eigenvalue weighted by atomic mass is 9.77. The fraction of sp³-hybridized carbons (Fsp3) is 0.524. The van der Waals surface area contributed by atoms with E-state index < -0.39 is 5.60 Å². The first kappa shape index (κ1) is 18.2. The van der Waals surface area contributed by atoms with E-state index in [1.54, 1.807) is 0 Å². The topological polar surface area (TPSA) is 84.6 Å². The van der Waals surface area contributed by atoms with Gasteiger partial charge in [0, 0.05) is 25.2 Å². The molecule has 1 aliphatic heterocycles. The van der Waals surface area contributed by atoms with Crippen molar-refractivity contribution < 1.29 is 19.2 Å². The minimum absolute atomic E-state index is 0.0279. The minimum atomic E-state index is -1.13. The molecule has 1 saturated heterocycles. The van der Waals surface area contributed by atoms with Crippen molar-refractivity contribution in [3.8, 4) is 0 Å². The summed E-state index contributed by atoms with van der Waals surface area (Å²) in [6.07, 6.45) is 5.31. The molecule has 4 rings (SSSR count). The van der Waals surface area contributed by atoms with Gasteiger partial charge in [-0.1, -0.05) is 35.5 Å². The number of ether oxygens (including phenoxy) is 1. The van der Waals surface area contributed by atoms with Crippen LogP contribution in [0.3, 0.4) is 0 Å². The Kier molecular flexibility index (Phi) is 5.27. The molecule has 1 aliphatic carbocycles. The van der Waals surface area contributed by atoms with Crippen molar-refractivity contribution in [1.29, 1.82) is 0 Å². The Hall–Kier alpha value is -2.18. The van der Waals surface area contributed by atoms with Crippen molar-refractivity contribution >= 4 is 5.91 Å². The summed E-state index contributed by atoms with van der Waals surface area (Å²) in [5, 5.41) is 18.5. The van der Waals surface area contributed by atoms with E-state index in [1.165, 1.54) is 0 Å². The standard InChI is InChI=1S/C21H26N2O4/c24-20(19-17-8-4-5-9-18(17)27-23-19)22-14-21(25,15-6-2-1-3-7-15)16-10-12-26-13-11-16/h1-3,6-7,16,25H,4-5,8-14H2,(H,22,24). The molecule has 1 unspecified atom stereocenters. The van der Waals surface area contributed by atoms with Gasteiger partial charge in [0.1, 0.15) is 11.4 Å². The molecule has 144 valence electrons. The van der Waals surface area contributed by atoms with Crippen LogP contribution in [-0.2, 0) is 23.2 Å². The molecule has 0 radical (unpaired) electrons. The number of rotatable bonds is 5. The van der Waals surface area contributed by atoms with Crippen LogP contribution in [0.1, 0.15) is 53.1 Å². The van der Waals surface area contributed by atoms with E-state index in [1.807, 2.05) is 30.3 Å². The number of hydrogen-bond acceptors (Lipinski definition) is 5. The van der Waals surface area contributed by atoms with E-state index in [0.29, 0.717) is 18.9 Å². The second kappa shape index (κ2) is 7.82. The van der Waals surface area contributed by atoms with Crippen LogP contribution >= 0.6 is 0 Å². The Balaban J connectivity index is 1.53. The normalized spacial score (nSPS) is 19.9. The number of aliphatic hydroxyl groups is 1. The van der Waals surface area contributed by atoms with Crippen LogP contribution in [0.15, 0.2) is 34.9 Å². The third-order valence-electron chi connectivity index (χ3n) is 5.85. The largest absolute Gasteiger partial charge is 0.383 e. The lowest BCUT2D eigenvalue weighted by molar-refractivity contribution is -0.0680. The van der Waals surface area contributed by atoms with E-state index in [0.717, 1.165) is 55.4 Å². The molecule has 1 aromatic carbocycles. The van der Waals surface area contributed by atoms with Gasteiger partial charge < -0.3 is 19.7 Å². The zero-order valence-electron chi connectivity index (χ0n) is 15.4. The van der Waals surface area contributed by atoms with Gasteiger partial charge in [0.15, 0.2) is 5.69 Å². The number of aromatic nitrogens is 1. The molecule has 2 N–H and O–H groups in total. The summed E-state index contributed by atoms with van der Waals surface area (Å²) in [4.78, 5) is 12.8. The fourth-order valence-corrected chi connectivity index (χ4v) is 4.25. The smallest absolute Gasteiger partial charge is 0.273 e. The van der Waals surface area contributed by atoms with Crippen LogP contribution in [0, 0.1) is 5.92 Å². The summed E-state index contributed by atoms with van der Waals surface area (Å²) in [5.41, 5.74) is 0.976. The summed E-state index contributed by atoms with van der Waals surface area (Å²) in [7, 11) is 0. The summed E-state index contributed by atoms with van der Waals surface area (Å²) >= 11 is 0. The number of carbonyl (C=O) groups excluding carboxylic acids is 1. The number of fused-ring (bicyclic) bond motifs is 1. The molecule has 0 saturated carbocycles. The first-order chi connectivity index (χ1) is 13.2. The van der Waals surface area contributed by atoms with Gasteiger partial charge in [-0.15, -0.1) is 0 Å². The van der Waals surface area contributed by atoms with Crippen molar-refractivity contribution in [2.75, 3.05) is 19.8 Å². The van der Waals surface area contributed by atoms with Crippen molar-refractivity contribution in [3.05, 3.63) is 52.9 Å². The van der Waals surface area contributed by atoms with Crippen LogP contribution in [0.25, 0.3) is 0 Å². The predicted molar refractivity (Wildman–Crippen MR) is 99.4 cm³/mol. The van der Waals surface area contributed by atoms with Gasteiger partial charge in [0.25, 0.3) is 5.91 Å². The highest BCUT2D eigenvalue weighted by atomic mass is 16.5. The first-order valence-corrected chi connectivity index (χ1v) is 9.80. The summed E-state index contributed by atoms with van der Waals surface area (Å²) in [5.74, 6) is 0.581. The average molecular weight is 370 g/mol. The number of benzene rings is 1. The van der Waals surface area contributed by atoms with Crippen LogP contribution in [0.2, 0.25) is 0 Å². The number of hydrogen-bond donors (Lipinski definition) is 2. The van der Waals surface area contributed by atoms with E-state index in [-0.39, 0.29) is 18.4 Å². The van der Waals surface area contributed by atoms with Gasteiger partial charge in [-0.05, 0) is 43.6 Å². The van der Waals surface area contributed by atoms with Crippen molar-refractivity contribution in [3.63, 3.8) is 0 Å². The van der Waals surface area contributed by atoms with Gasteiger partial charge in [-0.3, -0.25) is 4.79 Å². The molecule has 6 heteroatoms. The maximum Gasteiger partial charge on any atom is 0.273 e. The molecule has 27 heavy (non-hydrogen) atoms. The molecular formula is C21H26N2O4. The molecule has 0 bridgehead atoms. The third kappa shape index (κ3) is 3.64. The van der Waals surface area contributed by atoms with Gasteiger partial charge >= 0.3 is 0 Å². The second-order valence-electron chi connectivity index (χ2n) is 7.50. The predicted octanol–water partition coefficient (Wildman–Crippen LogP) is 2.60. The average Bonchev–Trinajstić information content (AvgIpc) is 3.17. The molecule has 1 aromatic heterocycles. The third-order valence-corrected chi connectivity index (χ3v) is 5.85. The van der Waals surface area contributed by atoms with Crippen molar-refractivity contribution in [1.82, 2.24) is 10.5 Å². The maximum absolute atomic E-state index is 12.8. The van der Waals surface area contributed by atoms with Crippen LogP contribution in [-0.4, -0.2) is 35.9 Å². The fourth-order valence-electron chi connectivity index (χ4n) is 4.25. The summed E-state index contributed by atoms with van der Waals surface area (Å²) in [6, 6.07) is 9.58. The highest BCUT2D eigenvalue weighted by Crippen LogP contribution is 2.36. The van der Waals surface area contributed by atoms with Crippen LogP contribution in [0.5, 0.6) is 0 Å². The zero-order valence-corrected chi connectivity index (χ0v) is 15.4. The van der Waals surface area contributed by atoms with E-state index in [9.17, 15) is 9.90 Å². The molecule has 1 amide bonds. The van der Waals surface area contributed by atoms with Gasteiger partial charge in [-0.25, -0.2) is 0 Å². The SMILES string of the molecule is O=C(NCC(O)(c1ccccc1)C1CCOCC1)c1noc2c1CCCC2. The summed E-state index contributed by atoms with van der Waals surface area (Å²) in [6.45, 7) is 1.40. The molecule has 2 aromatic rings. The first-order valence-electron chi connectivity index (χ1n) is 9.80. The van der Waals surface area contributed by atoms with Gasteiger partial charge in [0.2, 0.25) is 0 Å². The van der Waals surface area contributed by atoms with Crippen LogP contribution in [0.4, 0.5) is 0 Å². The zero-order chi connectivity index (χ0) is 18.7. The Morgan fingerprint density at radius 2 is 1.93 bits per heavy atom. The highest BCUT2D eigenvalue weighted by molar-refractivity contribution is 5.93. The van der Waals surface area contributed by atoms with Crippen molar-refractivity contribution in [2.45, 2.75) is 44.1 Å². The quantitative estimate of drug-likeness (QED) is 0.845. The van der Waals surface area contributed by atoms with Crippen molar-refractivity contribution in [2.24, 2.45) is 5.92 Å². The Bertz CT molecular complexity index is 783.